The minimum Gasteiger partial charge on any atom is -0.383 e. The first kappa shape index (κ1) is 19.4. The number of aromatic nitrogens is 1. The van der Waals surface area contributed by atoms with Crippen molar-refractivity contribution >= 4 is 28.3 Å². The van der Waals surface area contributed by atoms with Gasteiger partial charge in [-0.05, 0) is 37.8 Å². The van der Waals surface area contributed by atoms with Gasteiger partial charge in [0, 0.05) is 23.6 Å². The van der Waals surface area contributed by atoms with E-state index in [2.05, 4.69) is 10.3 Å². The van der Waals surface area contributed by atoms with Gasteiger partial charge in [-0.3, -0.25) is 9.59 Å². The standard InChI is InChI=1S/C18H19F2N3O3S/c1-10-6-11(13(20)7-12(10)19)14-9-27-18(21-14)22-16(25)8-23-5-3-2-4-15(24)17(23)26/h6-7,9,15,24H,2-5,8H2,1H3,(H,21,22,25). The maximum Gasteiger partial charge on any atom is 0.251 e. The number of amides is 2. The fraction of sp³-hybridized carbons (Fsp3) is 0.389. The van der Waals surface area contributed by atoms with Crippen LogP contribution in [-0.2, 0) is 9.59 Å². The van der Waals surface area contributed by atoms with Crippen LogP contribution in [0.1, 0.15) is 24.8 Å². The summed E-state index contributed by atoms with van der Waals surface area (Å²) in [5, 5.41) is 14.1. The van der Waals surface area contributed by atoms with Crippen molar-refractivity contribution in [3.63, 3.8) is 0 Å². The fourth-order valence-corrected chi connectivity index (χ4v) is 3.61. The molecule has 1 aliphatic heterocycles. The molecule has 0 radical (unpaired) electrons. The maximum atomic E-state index is 14.0. The van der Waals surface area contributed by atoms with Gasteiger partial charge in [-0.1, -0.05) is 0 Å². The van der Waals surface area contributed by atoms with Gasteiger partial charge in [0.25, 0.3) is 5.91 Å². The molecule has 6 nitrogen and oxygen atoms in total. The summed E-state index contributed by atoms with van der Waals surface area (Å²) in [4.78, 5) is 29.7. The topological polar surface area (TPSA) is 82.5 Å². The van der Waals surface area contributed by atoms with Crippen molar-refractivity contribution in [2.75, 3.05) is 18.4 Å². The van der Waals surface area contributed by atoms with Crippen LogP contribution in [0.25, 0.3) is 11.3 Å². The Bertz CT molecular complexity index is 872. The Hall–Kier alpha value is -2.39. The molecule has 1 saturated heterocycles. The van der Waals surface area contributed by atoms with E-state index >= 15 is 0 Å². The first-order valence-electron chi connectivity index (χ1n) is 8.53. The molecule has 27 heavy (non-hydrogen) atoms. The average molecular weight is 395 g/mol. The van der Waals surface area contributed by atoms with Crippen LogP contribution in [0.2, 0.25) is 0 Å². The summed E-state index contributed by atoms with van der Waals surface area (Å²) in [6.07, 6.45) is 0.774. The third-order valence-corrected chi connectivity index (χ3v) is 5.12. The molecule has 1 aliphatic rings. The van der Waals surface area contributed by atoms with Gasteiger partial charge >= 0.3 is 0 Å². The molecule has 0 bridgehead atoms. The molecule has 1 atom stereocenters. The first-order chi connectivity index (χ1) is 12.8. The van der Waals surface area contributed by atoms with Crippen LogP contribution in [0, 0.1) is 18.6 Å². The Labute approximate surface area is 158 Å². The number of hydrogen-bond donors (Lipinski definition) is 2. The summed E-state index contributed by atoms with van der Waals surface area (Å²) in [7, 11) is 0. The number of rotatable bonds is 4. The Balaban J connectivity index is 1.68. The molecule has 1 aromatic carbocycles. The Morgan fingerprint density at radius 3 is 2.93 bits per heavy atom. The molecule has 2 amide bonds. The number of carbonyl (C=O) groups excluding carboxylic acids is 2. The number of nitrogens with one attached hydrogen (secondary N) is 1. The number of aryl methyl sites for hydroxylation is 1. The van der Waals surface area contributed by atoms with Crippen molar-refractivity contribution in [2.45, 2.75) is 32.3 Å². The Morgan fingerprint density at radius 1 is 1.37 bits per heavy atom. The van der Waals surface area contributed by atoms with E-state index in [0.717, 1.165) is 30.2 Å². The Morgan fingerprint density at radius 2 is 2.15 bits per heavy atom. The summed E-state index contributed by atoms with van der Waals surface area (Å²) in [6, 6.07) is 2.17. The van der Waals surface area contributed by atoms with E-state index in [1.54, 1.807) is 5.38 Å². The second-order valence-electron chi connectivity index (χ2n) is 6.44. The van der Waals surface area contributed by atoms with Crippen molar-refractivity contribution in [3.05, 3.63) is 34.7 Å². The monoisotopic (exact) mass is 395 g/mol. The van der Waals surface area contributed by atoms with E-state index in [9.17, 15) is 23.5 Å². The second-order valence-corrected chi connectivity index (χ2v) is 7.30. The molecular formula is C18H19F2N3O3S. The average Bonchev–Trinajstić information content (AvgIpc) is 3.01. The van der Waals surface area contributed by atoms with Crippen LogP contribution in [0.5, 0.6) is 0 Å². The fourth-order valence-electron chi connectivity index (χ4n) is 2.88. The lowest BCUT2D eigenvalue weighted by molar-refractivity contribution is -0.141. The number of anilines is 1. The van der Waals surface area contributed by atoms with Crippen LogP contribution in [0.4, 0.5) is 13.9 Å². The van der Waals surface area contributed by atoms with E-state index in [1.807, 2.05) is 0 Å². The van der Waals surface area contributed by atoms with Gasteiger partial charge in [-0.25, -0.2) is 13.8 Å². The van der Waals surface area contributed by atoms with Gasteiger partial charge in [0.15, 0.2) is 5.13 Å². The maximum absolute atomic E-state index is 14.0. The van der Waals surface area contributed by atoms with Crippen LogP contribution in [0.3, 0.4) is 0 Å². The predicted octanol–water partition coefficient (Wildman–Crippen LogP) is 2.71. The first-order valence-corrected chi connectivity index (χ1v) is 9.41. The van der Waals surface area contributed by atoms with Gasteiger partial charge in [0.2, 0.25) is 5.91 Å². The molecule has 1 fully saturated rings. The molecule has 0 spiro atoms. The number of carbonyl (C=O) groups is 2. The number of halogens is 2. The SMILES string of the molecule is Cc1cc(-c2csc(NC(=O)CN3CCCCC(O)C3=O)n2)c(F)cc1F. The highest BCUT2D eigenvalue weighted by molar-refractivity contribution is 7.14. The lowest BCUT2D eigenvalue weighted by Gasteiger charge is -2.21. The largest absolute Gasteiger partial charge is 0.383 e. The molecule has 1 aromatic heterocycles. The minimum atomic E-state index is -1.07. The molecule has 0 saturated carbocycles. The zero-order chi connectivity index (χ0) is 19.6. The molecule has 3 rings (SSSR count). The number of aliphatic hydroxyl groups is 1. The molecule has 0 aliphatic carbocycles. The van der Waals surface area contributed by atoms with Gasteiger partial charge in [-0.15, -0.1) is 11.3 Å². The minimum absolute atomic E-state index is 0.150. The molecule has 144 valence electrons. The van der Waals surface area contributed by atoms with Crippen molar-refractivity contribution < 1.29 is 23.5 Å². The molecule has 9 heteroatoms. The van der Waals surface area contributed by atoms with Crippen LogP contribution < -0.4 is 5.32 Å². The van der Waals surface area contributed by atoms with E-state index in [0.29, 0.717) is 18.5 Å². The van der Waals surface area contributed by atoms with E-state index in [4.69, 9.17) is 0 Å². The predicted molar refractivity (Wildman–Crippen MR) is 97.3 cm³/mol. The summed E-state index contributed by atoms with van der Waals surface area (Å²) in [5.74, 6) is -2.27. The van der Waals surface area contributed by atoms with Crippen molar-refractivity contribution in [2.24, 2.45) is 0 Å². The number of nitrogens with zero attached hydrogens (tertiary/aromatic N) is 2. The third-order valence-electron chi connectivity index (χ3n) is 4.36. The van der Waals surface area contributed by atoms with Crippen molar-refractivity contribution in [1.29, 1.82) is 0 Å². The van der Waals surface area contributed by atoms with Crippen LogP contribution in [-0.4, -0.2) is 46.0 Å². The molecule has 1 unspecified atom stereocenters. The van der Waals surface area contributed by atoms with Crippen LogP contribution >= 0.6 is 11.3 Å². The van der Waals surface area contributed by atoms with Gasteiger partial charge in [0.05, 0.1) is 5.69 Å². The van der Waals surface area contributed by atoms with Crippen LogP contribution in [0.15, 0.2) is 17.5 Å². The highest BCUT2D eigenvalue weighted by Gasteiger charge is 2.26. The van der Waals surface area contributed by atoms with Gasteiger partial charge in [-0.2, -0.15) is 0 Å². The lowest BCUT2D eigenvalue weighted by atomic mass is 10.1. The number of thiazole rings is 1. The smallest absolute Gasteiger partial charge is 0.251 e. The number of benzene rings is 1. The number of aliphatic hydroxyl groups excluding tert-OH is 1. The van der Waals surface area contributed by atoms with E-state index in [1.165, 1.54) is 17.9 Å². The summed E-state index contributed by atoms with van der Waals surface area (Å²) >= 11 is 1.10. The third kappa shape index (κ3) is 4.48. The highest BCUT2D eigenvalue weighted by atomic mass is 32.1. The summed E-state index contributed by atoms with van der Waals surface area (Å²) in [6.45, 7) is 1.75. The summed E-state index contributed by atoms with van der Waals surface area (Å²) < 4.78 is 27.4. The normalized spacial score (nSPS) is 17.7. The molecule has 2 heterocycles. The quantitative estimate of drug-likeness (QED) is 0.834. The van der Waals surface area contributed by atoms with Gasteiger partial charge < -0.3 is 15.3 Å². The Kier molecular flexibility index (Phi) is 5.81. The zero-order valence-electron chi connectivity index (χ0n) is 14.7. The van der Waals surface area contributed by atoms with Crippen molar-refractivity contribution in [3.8, 4) is 11.3 Å². The molecule has 2 aromatic rings. The number of hydrogen-bond acceptors (Lipinski definition) is 5. The van der Waals surface area contributed by atoms with E-state index < -0.39 is 29.6 Å². The lowest BCUT2D eigenvalue weighted by Crippen LogP contribution is -2.42. The number of likely N-dealkylation sites (tertiary alicyclic amines) is 1. The molecule has 2 N–H and O–H groups in total. The zero-order valence-corrected chi connectivity index (χ0v) is 15.5. The van der Waals surface area contributed by atoms with E-state index in [-0.39, 0.29) is 22.9 Å². The summed E-state index contributed by atoms with van der Waals surface area (Å²) in [5.41, 5.74) is 0.733. The second kappa shape index (κ2) is 8.10. The molecular weight excluding hydrogens is 376 g/mol. The van der Waals surface area contributed by atoms with Crippen molar-refractivity contribution in [1.82, 2.24) is 9.88 Å². The highest BCUT2D eigenvalue weighted by Crippen LogP contribution is 2.28. The van der Waals surface area contributed by atoms with Gasteiger partial charge in [0.1, 0.15) is 24.3 Å².